The number of rotatable bonds is 2. The summed E-state index contributed by atoms with van der Waals surface area (Å²) in [4.78, 5) is 36.1. The Labute approximate surface area is 149 Å². The quantitative estimate of drug-likeness (QED) is 0.619. The van der Waals surface area contributed by atoms with Gasteiger partial charge < -0.3 is 0 Å². The molecule has 0 radical (unpaired) electrons. The molecule has 2 heterocycles. The number of hydrogen-bond acceptors (Lipinski definition) is 4. The summed E-state index contributed by atoms with van der Waals surface area (Å²) in [7, 11) is 0. The van der Waals surface area contributed by atoms with E-state index in [0.717, 1.165) is 8.14 Å². The van der Waals surface area contributed by atoms with Crippen LogP contribution in [0.25, 0.3) is 16.9 Å². The first-order valence-electron chi connectivity index (χ1n) is 6.86. The van der Waals surface area contributed by atoms with E-state index in [9.17, 15) is 9.59 Å². The van der Waals surface area contributed by atoms with Crippen LogP contribution in [0, 0.1) is 3.57 Å². The molecule has 1 aromatic carbocycles. The van der Waals surface area contributed by atoms with Gasteiger partial charge in [0.05, 0.1) is 22.6 Å². The van der Waals surface area contributed by atoms with Crippen molar-refractivity contribution in [1.82, 2.24) is 19.5 Å². The molecular formula is C15H12ClIN4O2. The Balaban J connectivity index is 2.37. The van der Waals surface area contributed by atoms with Gasteiger partial charge in [0.1, 0.15) is 0 Å². The minimum atomic E-state index is -0.600. The predicted molar refractivity (Wildman–Crippen MR) is 97.6 cm³/mol. The molecule has 0 aliphatic carbocycles. The van der Waals surface area contributed by atoms with E-state index in [0.29, 0.717) is 16.4 Å². The lowest BCUT2D eigenvalue weighted by Gasteiger charge is -2.09. The lowest BCUT2D eigenvalue weighted by Crippen LogP contribution is -2.34. The fraction of sp³-hybridized carbons (Fsp3) is 0.200. The molecule has 0 saturated heterocycles. The number of aromatic nitrogens is 4. The van der Waals surface area contributed by atoms with E-state index in [4.69, 9.17) is 11.6 Å². The summed E-state index contributed by atoms with van der Waals surface area (Å²) in [6, 6.07) is 5.09. The third-order valence-electron chi connectivity index (χ3n) is 3.37. The fourth-order valence-corrected chi connectivity index (χ4v) is 3.10. The van der Waals surface area contributed by atoms with E-state index >= 15 is 0 Å². The number of nitrogens with one attached hydrogen (secondary N) is 1. The number of nitrogens with zero attached hydrogens (tertiary/aromatic N) is 3. The van der Waals surface area contributed by atoms with Gasteiger partial charge in [0.15, 0.2) is 11.2 Å². The van der Waals surface area contributed by atoms with Gasteiger partial charge >= 0.3 is 5.69 Å². The van der Waals surface area contributed by atoms with Crippen molar-refractivity contribution in [3.63, 3.8) is 0 Å². The molecule has 118 valence electrons. The fourth-order valence-electron chi connectivity index (χ4n) is 2.16. The second kappa shape index (κ2) is 6.04. The van der Waals surface area contributed by atoms with Crippen LogP contribution in [0.15, 0.2) is 34.0 Å². The van der Waals surface area contributed by atoms with Crippen molar-refractivity contribution in [2.45, 2.75) is 19.8 Å². The number of hydrogen-bond donors (Lipinski definition) is 1. The Morgan fingerprint density at radius 2 is 2.04 bits per heavy atom. The van der Waals surface area contributed by atoms with Gasteiger partial charge in [0, 0.05) is 3.57 Å². The molecule has 3 aromatic rings. The molecule has 0 atom stereocenters. The third kappa shape index (κ3) is 2.90. The smallest absolute Gasteiger partial charge is 0.290 e. The van der Waals surface area contributed by atoms with E-state index in [1.165, 1.54) is 0 Å². The van der Waals surface area contributed by atoms with Gasteiger partial charge in [-0.05, 0) is 46.7 Å². The maximum Gasteiger partial charge on any atom is 0.334 e. The summed E-state index contributed by atoms with van der Waals surface area (Å²) in [5.41, 5.74) is 0.144. The van der Waals surface area contributed by atoms with Crippen LogP contribution >= 0.6 is 34.2 Å². The average Bonchev–Trinajstić information content (AvgIpc) is 2.49. The predicted octanol–water partition coefficient (Wildman–Crippen LogP) is 2.85. The Hall–Kier alpha value is -1.74. The highest BCUT2D eigenvalue weighted by Crippen LogP contribution is 2.21. The maximum absolute atomic E-state index is 12.7. The van der Waals surface area contributed by atoms with Crippen LogP contribution in [0.3, 0.4) is 0 Å². The van der Waals surface area contributed by atoms with Gasteiger partial charge in [-0.1, -0.05) is 25.4 Å². The highest BCUT2D eigenvalue weighted by molar-refractivity contribution is 14.1. The topological polar surface area (TPSA) is 80.6 Å². The van der Waals surface area contributed by atoms with E-state index in [-0.39, 0.29) is 17.1 Å². The van der Waals surface area contributed by atoms with Crippen LogP contribution in [0.2, 0.25) is 5.02 Å². The normalized spacial score (nSPS) is 11.3. The van der Waals surface area contributed by atoms with Crippen molar-refractivity contribution in [2.24, 2.45) is 0 Å². The molecule has 6 nitrogen and oxygen atoms in total. The lowest BCUT2D eigenvalue weighted by molar-refractivity contribution is 0.811. The zero-order valence-corrected chi connectivity index (χ0v) is 15.2. The summed E-state index contributed by atoms with van der Waals surface area (Å²) >= 11 is 8.29. The Kier molecular flexibility index (Phi) is 4.24. The first kappa shape index (κ1) is 16.1. The minimum Gasteiger partial charge on any atom is -0.290 e. The second-order valence-corrected chi connectivity index (χ2v) is 6.97. The van der Waals surface area contributed by atoms with Crippen LogP contribution in [-0.4, -0.2) is 19.5 Å². The number of aromatic amines is 1. The van der Waals surface area contributed by atoms with Crippen LogP contribution in [-0.2, 0) is 0 Å². The average molecular weight is 443 g/mol. The molecule has 8 heteroatoms. The molecule has 23 heavy (non-hydrogen) atoms. The molecule has 0 aliphatic rings. The Morgan fingerprint density at radius 1 is 1.30 bits per heavy atom. The molecule has 0 spiro atoms. The van der Waals surface area contributed by atoms with E-state index in [2.05, 4.69) is 37.5 Å². The molecule has 0 amide bonds. The zero-order chi connectivity index (χ0) is 16.7. The maximum atomic E-state index is 12.7. The van der Waals surface area contributed by atoms with Gasteiger partial charge in [-0.25, -0.2) is 19.3 Å². The molecule has 0 fully saturated rings. The van der Waals surface area contributed by atoms with Gasteiger partial charge in [-0.2, -0.15) is 0 Å². The first-order valence-corrected chi connectivity index (χ1v) is 8.31. The standard InChI is InChI=1S/C15H12ClIN4O2/c1-7(2)10-6-18-13-12(19-10)14(22)21(15(23)20-13)11-4-3-8(17)5-9(11)16/h3-7H,1-2H3,(H,18,20,23). The number of benzene rings is 1. The summed E-state index contributed by atoms with van der Waals surface area (Å²) in [6.07, 6.45) is 1.56. The lowest BCUT2D eigenvalue weighted by atomic mass is 10.1. The van der Waals surface area contributed by atoms with Crippen LogP contribution in [0.4, 0.5) is 0 Å². The molecule has 0 saturated carbocycles. The summed E-state index contributed by atoms with van der Waals surface area (Å²) in [5, 5.41) is 0.317. The van der Waals surface area contributed by atoms with E-state index in [1.807, 2.05) is 13.8 Å². The third-order valence-corrected chi connectivity index (χ3v) is 4.34. The summed E-state index contributed by atoms with van der Waals surface area (Å²) in [6.45, 7) is 3.91. The van der Waals surface area contributed by atoms with Crippen molar-refractivity contribution in [3.05, 3.63) is 59.5 Å². The SMILES string of the molecule is CC(C)c1cnc2[nH]c(=O)n(-c3ccc(I)cc3Cl)c(=O)c2n1. The highest BCUT2D eigenvalue weighted by atomic mass is 127. The molecule has 2 aromatic heterocycles. The van der Waals surface area contributed by atoms with Crippen molar-refractivity contribution in [1.29, 1.82) is 0 Å². The minimum absolute atomic E-state index is 0.116. The van der Waals surface area contributed by atoms with Gasteiger partial charge in [0.2, 0.25) is 0 Å². The monoisotopic (exact) mass is 442 g/mol. The number of halogens is 2. The molecule has 1 N–H and O–H groups in total. The molecule has 0 unspecified atom stereocenters. The van der Waals surface area contributed by atoms with Crippen LogP contribution < -0.4 is 11.2 Å². The van der Waals surface area contributed by atoms with Crippen LogP contribution in [0.5, 0.6) is 0 Å². The van der Waals surface area contributed by atoms with Crippen molar-refractivity contribution < 1.29 is 0 Å². The first-order chi connectivity index (χ1) is 10.9. The summed E-state index contributed by atoms with van der Waals surface area (Å²) in [5.74, 6) is 0.119. The van der Waals surface area contributed by atoms with Crippen LogP contribution in [0.1, 0.15) is 25.5 Å². The largest absolute Gasteiger partial charge is 0.334 e. The van der Waals surface area contributed by atoms with Gasteiger partial charge in [-0.3, -0.25) is 9.78 Å². The molecule has 0 bridgehead atoms. The van der Waals surface area contributed by atoms with Crippen molar-refractivity contribution >= 4 is 45.4 Å². The molecule has 0 aliphatic heterocycles. The van der Waals surface area contributed by atoms with Crippen molar-refractivity contribution in [3.8, 4) is 5.69 Å². The Bertz CT molecular complexity index is 1030. The summed E-state index contributed by atoms with van der Waals surface area (Å²) < 4.78 is 1.89. The van der Waals surface area contributed by atoms with E-state index < -0.39 is 11.2 Å². The Morgan fingerprint density at radius 3 is 2.70 bits per heavy atom. The number of fused-ring (bicyclic) bond motifs is 1. The number of H-pyrrole nitrogens is 1. The van der Waals surface area contributed by atoms with Crippen molar-refractivity contribution in [2.75, 3.05) is 0 Å². The molecular weight excluding hydrogens is 431 g/mol. The van der Waals surface area contributed by atoms with Gasteiger partial charge in [0.25, 0.3) is 5.56 Å². The highest BCUT2D eigenvalue weighted by Gasteiger charge is 2.15. The second-order valence-electron chi connectivity index (χ2n) is 5.31. The zero-order valence-electron chi connectivity index (χ0n) is 12.3. The van der Waals surface area contributed by atoms with Gasteiger partial charge in [-0.15, -0.1) is 0 Å². The molecule has 3 rings (SSSR count). The van der Waals surface area contributed by atoms with E-state index in [1.54, 1.807) is 24.4 Å².